The predicted molar refractivity (Wildman–Crippen MR) is 119 cm³/mol. The van der Waals surface area contributed by atoms with Gasteiger partial charge in [0.25, 0.3) is 5.91 Å². The molecule has 1 amide bonds. The van der Waals surface area contributed by atoms with Gasteiger partial charge in [-0.05, 0) is 50.8 Å². The number of carbonyl (C=O) groups excluding carboxylic acids is 1. The van der Waals surface area contributed by atoms with Crippen LogP contribution in [0.25, 0.3) is 10.2 Å². The first kappa shape index (κ1) is 21.4. The van der Waals surface area contributed by atoms with E-state index >= 15 is 0 Å². The Morgan fingerprint density at radius 2 is 1.93 bits per heavy atom. The molecule has 0 radical (unpaired) electrons. The van der Waals surface area contributed by atoms with E-state index in [1.54, 1.807) is 30.2 Å². The summed E-state index contributed by atoms with van der Waals surface area (Å²) in [7, 11) is 7.02. The van der Waals surface area contributed by atoms with E-state index in [1.807, 2.05) is 38.1 Å². The van der Waals surface area contributed by atoms with Crippen molar-refractivity contribution in [3.05, 3.63) is 46.5 Å². The van der Waals surface area contributed by atoms with Gasteiger partial charge in [-0.1, -0.05) is 29.0 Å². The maximum atomic E-state index is 13.5. The molecule has 29 heavy (non-hydrogen) atoms. The molecule has 8 heteroatoms. The summed E-state index contributed by atoms with van der Waals surface area (Å²) in [6.45, 7) is 3.14. The number of rotatable bonds is 7. The molecule has 3 aromatic rings. The standard InChI is InChI=1S/C21H24ClN3O3S/c1-13-11-14(22)12-17-18(13)23-21(29-17)25(10-9-24(2)3)20(26)15-7-6-8-16(27-4)19(15)28-5/h6-8,11-12H,9-10H2,1-5H3. The first-order chi connectivity index (χ1) is 13.8. The number of hydrogen-bond donors (Lipinski definition) is 0. The quantitative estimate of drug-likeness (QED) is 0.549. The summed E-state index contributed by atoms with van der Waals surface area (Å²) in [6, 6.07) is 9.04. The minimum atomic E-state index is -0.189. The van der Waals surface area contributed by atoms with Crippen LogP contribution in [0.4, 0.5) is 5.13 Å². The van der Waals surface area contributed by atoms with Crippen molar-refractivity contribution in [3.63, 3.8) is 0 Å². The molecule has 154 valence electrons. The Hall–Kier alpha value is -2.35. The molecule has 0 aliphatic heterocycles. The molecule has 0 N–H and O–H groups in total. The average molecular weight is 434 g/mol. The summed E-state index contributed by atoms with van der Waals surface area (Å²) < 4.78 is 11.8. The molecule has 0 saturated heterocycles. The fourth-order valence-corrected chi connectivity index (χ4v) is 4.49. The number of aromatic nitrogens is 1. The molecule has 0 atom stereocenters. The van der Waals surface area contributed by atoms with Crippen LogP contribution in [0.2, 0.25) is 5.02 Å². The van der Waals surface area contributed by atoms with Crippen LogP contribution in [0.15, 0.2) is 30.3 Å². The first-order valence-corrected chi connectivity index (χ1v) is 10.3. The second-order valence-electron chi connectivity index (χ2n) is 6.87. The van der Waals surface area contributed by atoms with E-state index in [9.17, 15) is 4.79 Å². The second kappa shape index (κ2) is 8.98. The summed E-state index contributed by atoms with van der Waals surface area (Å²) in [6.07, 6.45) is 0. The molecule has 0 spiro atoms. The Morgan fingerprint density at radius 1 is 1.17 bits per heavy atom. The number of hydrogen-bond acceptors (Lipinski definition) is 6. The largest absolute Gasteiger partial charge is 0.493 e. The third-order valence-corrected chi connectivity index (χ3v) is 5.76. The molecule has 0 unspecified atom stereocenters. The average Bonchev–Trinajstić information content (AvgIpc) is 3.10. The lowest BCUT2D eigenvalue weighted by Gasteiger charge is -2.23. The lowest BCUT2D eigenvalue weighted by Crippen LogP contribution is -2.37. The maximum absolute atomic E-state index is 13.5. The zero-order chi connectivity index (χ0) is 21.1. The number of likely N-dealkylation sites (N-methyl/N-ethyl adjacent to an activating group) is 1. The van der Waals surface area contributed by atoms with E-state index in [-0.39, 0.29) is 5.91 Å². The van der Waals surface area contributed by atoms with Crippen LogP contribution in [0, 0.1) is 6.92 Å². The number of carbonyl (C=O) groups is 1. The number of halogens is 1. The van der Waals surface area contributed by atoms with Gasteiger partial charge < -0.3 is 14.4 Å². The molecule has 0 saturated carbocycles. The minimum absolute atomic E-state index is 0.189. The Kier molecular flexibility index (Phi) is 6.62. The zero-order valence-corrected chi connectivity index (χ0v) is 18.7. The Bertz CT molecular complexity index is 1040. The number of amides is 1. The molecule has 6 nitrogen and oxygen atoms in total. The smallest absolute Gasteiger partial charge is 0.264 e. The van der Waals surface area contributed by atoms with Crippen molar-refractivity contribution in [2.24, 2.45) is 0 Å². The monoisotopic (exact) mass is 433 g/mol. The number of methoxy groups -OCH3 is 2. The Labute approximate surface area is 179 Å². The number of ether oxygens (including phenoxy) is 2. The predicted octanol–water partition coefficient (Wildman–Crippen LogP) is 4.48. The highest BCUT2D eigenvalue weighted by atomic mass is 35.5. The molecule has 3 rings (SSSR count). The van der Waals surface area contributed by atoms with E-state index in [2.05, 4.69) is 0 Å². The van der Waals surface area contributed by atoms with Gasteiger partial charge in [0, 0.05) is 18.1 Å². The van der Waals surface area contributed by atoms with Gasteiger partial charge in [-0.25, -0.2) is 4.98 Å². The SMILES string of the molecule is COc1cccc(C(=O)N(CCN(C)C)c2nc3c(C)cc(Cl)cc3s2)c1OC. The minimum Gasteiger partial charge on any atom is -0.493 e. The lowest BCUT2D eigenvalue weighted by atomic mass is 10.1. The van der Waals surface area contributed by atoms with Crippen molar-refractivity contribution in [3.8, 4) is 11.5 Å². The molecule has 0 fully saturated rings. The maximum Gasteiger partial charge on any atom is 0.264 e. The Balaban J connectivity index is 2.09. The van der Waals surface area contributed by atoms with E-state index in [0.717, 1.165) is 15.8 Å². The van der Waals surface area contributed by atoms with Gasteiger partial charge >= 0.3 is 0 Å². The van der Waals surface area contributed by atoms with Gasteiger partial charge in [0.2, 0.25) is 0 Å². The molecule has 0 bridgehead atoms. The molecule has 0 aliphatic rings. The van der Waals surface area contributed by atoms with Crippen LogP contribution in [0.5, 0.6) is 11.5 Å². The molecule has 1 aromatic heterocycles. The number of para-hydroxylation sites is 1. The van der Waals surface area contributed by atoms with Gasteiger partial charge in [0.15, 0.2) is 16.6 Å². The number of aryl methyl sites for hydroxylation is 1. The number of benzene rings is 2. The van der Waals surface area contributed by atoms with Crippen LogP contribution in [-0.4, -0.2) is 57.2 Å². The summed E-state index contributed by atoms with van der Waals surface area (Å²) in [4.78, 5) is 22.0. The summed E-state index contributed by atoms with van der Waals surface area (Å²) >= 11 is 7.66. The van der Waals surface area contributed by atoms with Crippen molar-refractivity contribution in [1.82, 2.24) is 9.88 Å². The van der Waals surface area contributed by atoms with E-state index < -0.39 is 0 Å². The lowest BCUT2D eigenvalue weighted by molar-refractivity contribution is 0.0981. The van der Waals surface area contributed by atoms with Crippen molar-refractivity contribution in [1.29, 1.82) is 0 Å². The van der Waals surface area contributed by atoms with Crippen molar-refractivity contribution in [2.45, 2.75) is 6.92 Å². The normalized spacial score (nSPS) is 11.1. The van der Waals surface area contributed by atoms with Gasteiger partial charge in [0.1, 0.15) is 0 Å². The highest BCUT2D eigenvalue weighted by Gasteiger charge is 2.26. The van der Waals surface area contributed by atoms with E-state index in [4.69, 9.17) is 26.1 Å². The zero-order valence-electron chi connectivity index (χ0n) is 17.2. The van der Waals surface area contributed by atoms with Crippen molar-refractivity contribution >= 4 is 44.2 Å². The van der Waals surface area contributed by atoms with Crippen LogP contribution < -0.4 is 14.4 Å². The number of thiazole rings is 1. The van der Waals surface area contributed by atoms with E-state index in [1.165, 1.54) is 18.4 Å². The summed E-state index contributed by atoms with van der Waals surface area (Å²) in [5.74, 6) is 0.735. The van der Waals surface area contributed by atoms with Gasteiger partial charge in [0.05, 0.1) is 30.0 Å². The summed E-state index contributed by atoms with van der Waals surface area (Å²) in [5, 5.41) is 1.29. The molecule has 1 heterocycles. The van der Waals surface area contributed by atoms with Gasteiger partial charge in [-0.15, -0.1) is 0 Å². The van der Waals surface area contributed by atoms with Crippen molar-refractivity contribution in [2.75, 3.05) is 46.3 Å². The molecular formula is C21H24ClN3O3S. The Morgan fingerprint density at radius 3 is 2.59 bits per heavy atom. The van der Waals surface area contributed by atoms with Crippen LogP contribution >= 0.6 is 22.9 Å². The second-order valence-corrected chi connectivity index (χ2v) is 8.31. The fourth-order valence-electron chi connectivity index (χ4n) is 3.04. The number of fused-ring (bicyclic) bond motifs is 1. The summed E-state index contributed by atoms with van der Waals surface area (Å²) in [5.41, 5.74) is 2.27. The van der Waals surface area contributed by atoms with Crippen LogP contribution in [-0.2, 0) is 0 Å². The van der Waals surface area contributed by atoms with Crippen LogP contribution in [0.3, 0.4) is 0 Å². The topological polar surface area (TPSA) is 54.9 Å². The van der Waals surface area contributed by atoms with Gasteiger partial charge in [-0.3, -0.25) is 9.69 Å². The highest BCUT2D eigenvalue weighted by molar-refractivity contribution is 7.22. The first-order valence-electron chi connectivity index (χ1n) is 9.10. The van der Waals surface area contributed by atoms with Crippen LogP contribution in [0.1, 0.15) is 15.9 Å². The number of nitrogens with zero attached hydrogens (tertiary/aromatic N) is 3. The fraction of sp³-hybridized carbons (Fsp3) is 0.333. The van der Waals surface area contributed by atoms with Gasteiger partial charge in [-0.2, -0.15) is 0 Å². The molecule has 0 aliphatic carbocycles. The molecular weight excluding hydrogens is 410 g/mol. The third kappa shape index (κ3) is 4.47. The number of anilines is 1. The van der Waals surface area contributed by atoms with Crippen molar-refractivity contribution < 1.29 is 14.3 Å². The third-order valence-electron chi connectivity index (χ3n) is 4.52. The highest BCUT2D eigenvalue weighted by Crippen LogP contribution is 2.36. The molecule has 2 aromatic carbocycles. The van der Waals surface area contributed by atoms with E-state index in [0.29, 0.717) is 40.3 Å².